The van der Waals surface area contributed by atoms with Crippen molar-refractivity contribution in [2.24, 2.45) is 11.5 Å². The molecule has 2 amide bonds. The van der Waals surface area contributed by atoms with Crippen molar-refractivity contribution in [3.63, 3.8) is 0 Å². The van der Waals surface area contributed by atoms with Crippen molar-refractivity contribution in [3.05, 3.63) is 5.92 Å². The summed E-state index contributed by atoms with van der Waals surface area (Å²) in [5.41, 5.74) is 10.2. The molecule has 1 saturated heterocycles. The summed E-state index contributed by atoms with van der Waals surface area (Å²) in [7, 11) is 1.74. The number of nitrogens with two attached hydrogens (primary N) is 2. The number of likely N-dealkylation sites (N-methyl/N-ethyl adjacent to an activating group) is 1. The number of nitrogens with zero attached hydrogens (tertiary/aromatic N) is 1. The van der Waals surface area contributed by atoms with Gasteiger partial charge < -0.3 is 11.5 Å². The van der Waals surface area contributed by atoms with Crippen LogP contribution in [0.15, 0.2) is 0 Å². The average Bonchev–Trinajstić information content (AvgIpc) is 2.30. The molecule has 0 saturated carbocycles. The van der Waals surface area contributed by atoms with Gasteiger partial charge in [0, 0.05) is 0 Å². The fraction of sp³-hybridized carbons (Fsp3) is 0.571. The number of hydrogen-bond donors (Lipinski definition) is 2. The molecule has 0 aromatic carbocycles. The summed E-state index contributed by atoms with van der Waals surface area (Å²) >= 11 is 0. The number of hydrogen-bond acceptors (Lipinski definition) is 3. The lowest BCUT2D eigenvalue weighted by Crippen LogP contribution is -2.44. The fourth-order valence-electron chi connectivity index (χ4n) is 1.48. The Bertz CT molecular complexity index is 217. The summed E-state index contributed by atoms with van der Waals surface area (Å²) in [4.78, 5) is 23.4. The van der Waals surface area contributed by atoms with E-state index in [1.807, 2.05) is 0 Å². The first kappa shape index (κ1) is 8.99. The van der Waals surface area contributed by atoms with Crippen LogP contribution in [0.3, 0.4) is 0 Å². The van der Waals surface area contributed by atoms with E-state index in [2.05, 4.69) is 0 Å². The topological polar surface area (TPSA) is 89.4 Å². The quantitative estimate of drug-likeness (QED) is 0.514. The first-order valence-corrected chi connectivity index (χ1v) is 3.69. The third kappa shape index (κ3) is 1.40. The zero-order chi connectivity index (χ0) is 9.30. The predicted molar refractivity (Wildman–Crippen MR) is 42.7 cm³/mol. The van der Waals surface area contributed by atoms with Crippen LogP contribution in [0.5, 0.6) is 0 Å². The Hall–Kier alpha value is -1.10. The van der Waals surface area contributed by atoms with Crippen LogP contribution in [0.4, 0.5) is 0 Å². The van der Waals surface area contributed by atoms with Crippen LogP contribution in [-0.2, 0) is 9.59 Å². The first-order valence-electron chi connectivity index (χ1n) is 3.69. The molecule has 0 aromatic rings. The largest absolute Gasteiger partial charge is 0.369 e. The van der Waals surface area contributed by atoms with Crippen molar-refractivity contribution in [2.45, 2.75) is 12.5 Å². The van der Waals surface area contributed by atoms with Gasteiger partial charge in [-0.2, -0.15) is 0 Å². The Morgan fingerprint density at radius 1 is 1.50 bits per heavy atom. The number of carbonyl (C=O) groups excluding carboxylic acids is 2. The molecule has 0 aromatic heterocycles. The fourth-order valence-corrected chi connectivity index (χ4v) is 1.48. The highest BCUT2D eigenvalue weighted by atomic mass is 16.2. The van der Waals surface area contributed by atoms with Gasteiger partial charge >= 0.3 is 0 Å². The summed E-state index contributed by atoms with van der Waals surface area (Å²) in [6.07, 6.45) is 0.541. The maximum absolute atomic E-state index is 10.9. The third-order valence-electron chi connectivity index (χ3n) is 2.09. The summed E-state index contributed by atoms with van der Waals surface area (Å²) in [5.74, 6) is -0.614. The van der Waals surface area contributed by atoms with E-state index in [1.165, 1.54) is 0 Å². The molecule has 0 spiro atoms. The van der Waals surface area contributed by atoms with Crippen LogP contribution in [0.2, 0.25) is 0 Å². The van der Waals surface area contributed by atoms with Crippen LogP contribution < -0.4 is 11.5 Å². The minimum absolute atomic E-state index is 0.421. The van der Waals surface area contributed by atoms with Gasteiger partial charge in [0.1, 0.15) is 6.04 Å². The Balaban J connectivity index is 2.77. The van der Waals surface area contributed by atoms with E-state index in [4.69, 9.17) is 11.5 Å². The van der Waals surface area contributed by atoms with Gasteiger partial charge in [-0.15, -0.1) is 0 Å². The molecule has 1 aliphatic heterocycles. The molecule has 1 aliphatic rings. The van der Waals surface area contributed by atoms with E-state index in [9.17, 15) is 9.59 Å². The Morgan fingerprint density at radius 2 is 2.08 bits per heavy atom. The lowest BCUT2D eigenvalue weighted by molar-refractivity contribution is -0.124. The number of rotatable bonds is 2. The number of carbonyl (C=O) groups is 2. The van der Waals surface area contributed by atoms with Gasteiger partial charge in [0.25, 0.3) is 0 Å². The van der Waals surface area contributed by atoms with Crippen molar-refractivity contribution < 1.29 is 9.59 Å². The molecular formula is C7H12N3O2. The van der Waals surface area contributed by atoms with Crippen molar-refractivity contribution in [3.8, 4) is 0 Å². The Kier molecular flexibility index (Phi) is 2.32. The maximum Gasteiger partial charge on any atom is 0.235 e. The first-order chi connectivity index (χ1) is 5.54. The molecule has 1 heterocycles. The SMILES string of the molecule is CN1CC[C](C(N)=O)C1C(N)=O. The molecule has 1 radical (unpaired) electrons. The van der Waals surface area contributed by atoms with Gasteiger partial charge in [0.15, 0.2) is 0 Å². The molecule has 1 rings (SSSR count). The molecule has 1 unspecified atom stereocenters. The Morgan fingerprint density at radius 3 is 2.42 bits per heavy atom. The van der Waals surface area contributed by atoms with Gasteiger partial charge in [-0.1, -0.05) is 0 Å². The van der Waals surface area contributed by atoms with E-state index in [-0.39, 0.29) is 0 Å². The van der Waals surface area contributed by atoms with Gasteiger partial charge in [0.05, 0.1) is 5.92 Å². The van der Waals surface area contributed by atoms with Crippen molar-refractivity contribution in [1.82, 2.24) is 4.90 Å². The second-order valence-corrected chi connectivity index (χ2v) is 2.93. The van der Waals surface area contributed by atoms with Crippen LogP contribution in [0.1, 0.15) is 6.42 Å². The highest BCUT2D eigenvalue weighted by molar-refractivity contribution is 5.98. The molecule has 5 nitrogen and oxygen atoms in total. The number of likely N-dealkylation sites (tertiary alicyclic amines) is 1. The number of amides is 2. The Labute approximate surface area is 70.7 Å². The predicted octanol–water partition coefficient (Wildman–Crippen LogP) is -1.76. The minimum atomic E-state index is -0.595. The van der Waals surface area contributed by atoms with Gasteiger partial charge in [-0.3, -0.25) is 14.5 Å². The summed E-state index contributed by atoms with van der Waals surface area (Å²) < 4.78 is 0. The number of primary amides is 2. The minimum Gasteiger partial charge on any atom is -0.369 e. The molecule has 0 bridgehead atoms. The van der Waals surface area contributed by atoms with Gasteiger partial charge in [-0.05, 0) is 20.0 Å². The molecule has 0 aliphatic carbocycles. The van der Waals surface area contributed by atoms with Crippen LogP contribution >= 0.6 is 0 Å². The van der Waals surface area contributed by atoms with E-state index in [1.54, 1.807) is 11.9 Å². The standard InChI is InChI=1S/C7H12N3O2/c1-10-3-2-4(6(8)11)5(10)7(9)12/h5H,2-3H2,1H3,(H2,8,11)(H2,9,12). The van der Waals surface area contributed by atoms with Crippen molar-refractivity contribution >= 4 is 11.8 Å². The second-order valence-electron chi connectivity index (χ2n) is 2.93. The summed E-state index contributed by atoms with van der Waals surface area (Å²) in [6, 6.07) is -0.595. The molecule has 4 N–H and O–H groups in total. The molecule has 67 valence electrons. The molecular weight excluding hydrogens is 158 g/mol. The second kappa shape index (κ2) is 3.10. The highest BCUT2D eigenvalue weighted by Crippen LogP contribution is 2.23. The lowest BCUT2D eigenvalue weighted by atomic mass is 9.99. The summed E-state index contributed by atoms with van der Waals surface area (Å²) in [6.45, 7) is 0.659. The third-order valence-corrected chi connectivity index (χ3v) is 2.09. The zero-order valence-electron chi connectivity index (χ0n) is 6.91. The lowest BCUT2D eigenvalue weighted by Gasteiger charge is -2.18. The van der Waals surface area contributed by atoms with E-state index < -0.39 is 17.9 Å². The highest BCUT2D eigenvalue weighted by Gasteiger charge is 2.39. The average molecular weight is 170 g/mol. The van der Waals surface area contributed by atoms with Crippen LogP contribution in [0.25, 0.3) is 0 Å². The smallest absolute Gasteiger partial charge is 0.235 e. The van der Waals surface area contributed by atoms with Crippen molar-refractivity contribution in [1.29, 1.82) is 0 Å². The molecule has 1 atom stereocenters. The van der Waals surface area contributed by atoms with Crippen molar-refractivity contribution in [2.75, 3.05) is 13.6 Å². The van der Waals surface area contributed by atoms with Gasteiger partial charge in [-0.25, -0.2) is 0 Å². The van der Waals surface area contributed by atoms with Gasteiger partial charge in [0.2, 0.25) is 11.8 Å². The van der Waals surface area contributed by atoms with Crippen LogP contribution in [-0.4, -0.2) is 36.3 Å². The maximum atomic E-state index is 10.9. The molecule has 5 heteroatoms. The zero-order valence-corrected chi connectivity index (χ0v) is 6.91. The van der Waals surface area contributed by atoms with E-state index >= 15 is 0 Å². The van der Waals surface area contributed by atoms with Crippen LogP contribution in [0, 0.1) is 5.92 Å². The van der Waals surface area contributed by atoms with E-state index in [0.717, 1.165) is 0 Å². The molecule has 12 heavy (non-hydrogen) atoms. The summed E-state index contributed by atoms with van der Waals surface area (Å²) in [5, 5.41) is 0. The normalized spacial score (nSPS) is 25.9. The monoisotopic (exact) mass is 170 g/mol. The molecule has 1 fully saturated rings. The van der Waals surface area contributed by atoms with E-state index in [0.29, 0.717) is 18.9 Å².